The summed E-state index contributed by atoms with van der Waals surface area (Å²) < 4.78 is 2.29. The lowest BCUT2D eigenvalue weighted by Gasteiger charge is -2.08. The fourth-order valence-electron chi connectivity index (χ4n) is 3.30. The fraction of sp³-hybridized carbons (Fsp3) is 0.263. The number of aryl methyl sites for hydroxylation is 2. The third-order valence-electron chi connectivity index (χ3n) is 4.54. The number of nitrogens with zero attached hydrogens (tertiary/aromatic N) is 2. The SMILES string of the molecule is O=C(Nc1ccc2c(c1)nc1n2CCCCC1)c1cc(Cl)ccc1Cl. The number of aromatic nitrogens is 2. The number of benzene rings is 2. The molecule has 0 aliphatic carbocycles. The number of amides is 1. The Hall–Kier alpha value is -2.04. The molecular formula is C19H17Cl2N3O. The smallest absolute Gasteiger partial charge is 0.257 e. The number of hydrogen-bond donors (Lipinski definition) is 1. The van der Waals surface area contributed by atoms with Gasteiger partial charge < -0.3 is 9.88 Å². The summed E-state index contributed by atoms with van der Waals surface area (Å²) in [5.74, 6) is 0.849. The molecule has 0 fully saturated rings. The molecule has 0 atom stereocenters. The number of halogens is 2. The van der Waals surface area contributed by atoms with Crippen LogP contribution < -0.4 is 5.32 Å². The van der Waals surface area contributed by atoms with Crippen molar-refractivity contribution in [3.8, 4) is 0 Å². The molecule has 4 rings (SSSR count). The van der Waals surface area contributed by atoms with Crippen molar-refractivity contribution < 1.29 is 4.79 Å². The zero-order chi connectivity index (χ0) is 17.4. The predicted molar refractivity (Wildman–Crippen MR) is 102 cm³/mol. The van der Waals surface area contributed by atoms with Crippen LogP contribution in [0.2, 0.25) is 10.0 Å². The largest absolute Gasteiger partial charge is 0.328 e. The van der Waals surface area contributed by atoms with Crippen LogP contribution >= 0.6 is 23.2 Å². The number of hydrogen-bond acceptors (Lipinski definition) is 2. The average molecular weight is 374 g/mol. The van der Waals surface area contributed by atoms with Crippen molar-refractivity contribution in [1.82, 2.24) is 9.55 Å². The number of nitrogens with one attached hydrogen (secondary N) is 1. The van der Waals surface area contributed by atoms with Crippen molar-refractivity contribution in [2.24, 2.45) is 0 Å². The van der Waals surface area contributed by atoms with Gasteiger partial charge >= 0.3 is 0 Å². The standard InChI is InChI=1S/C19H17Cl2N3O/c20-12-5-7-15(21)14(10-12)19(25)22-13-6-8-17-16(11-13)23-18-4-2-1-3-9-24(17)18/h5-8,10-11H,1-4,9H2,(H,22,25). The fourth-order valence-corrected chi connectivity index (χ4v) is 3.67. The van der Waals surface area contributed by atoms with Gasteiger partial charge in [-0.1, -0.05) is 29.6 Å². The van der Waals surface area contributed by atoms with Gasteiger partial charge in [-0.05, 0) is 49.2 Å². The van der Waals surface area contributed by atoms with E-state index in [1.807, 2.05) is 18.2 Å². The van der Waals surface area contributed by atoms with Gasteiger partial charge in [-0.25, -0.2) is 4.98 Å². The Labute approximate surface area is 155 Å². The van der Waals surface area contributed by atoms with E-state index in [0.29, 0.717) is 21.3 Å². The minimum absolute atomic E-state index is 0.285. The van der Waals surface area contributed by atoms with E-state index >= 15 is 0 Å². The van der Waals surface area contributed by atoms with E-state index in [9.17, 15) is 4.79 Å². The zero-order valence-electron chi connectivity index (χ0n) is 13.6. The molecule has 3 aromatic rings. The molecule has 1 aromatic heterocycles. The molecule has 1 amide bonds. The van der Waals surface area contributed by atoms with E-state index < -0.39 is 0 Å². The first-order valence-electron chi connectivity index (χ1n) is 8.37. The normalized spacial score (nSPS) is 14.2. The maximum atomic E-state index is 12.5. The molecule has 0 bridgehead atoms. The lowest BCUT2D eigenvalue weighted by molar-refractivity contribution is 0.102. The molecule has 0 saturated heterocycles. The molecule has 1 N–H and O–H groups in total. The molecule has 0 unspecified atom stereocenters. The minimum Gasteiger partial charge on any atom is -0.328 e. The van der Waals surface area contributed by atoms with Gasteiger partial charge in [0.2, 0.25) is 0 Å². The van der Waals surface area contributed by atoms with Gasteiger partial charge in [-0.2, -0.15) is 0 Å². The van der Waals surface area contributed by atoms with Crippen LogP contribution in [0.5, 0.6) is 0 Å². The van der Waals surface area contributed by atoms with Crippen LogP contribution in [0.1, 0.15) is 35.4 Å². The predicted octanol–water partition coefficient (Wildman–Crippen LogP) is 5.32. The molecule has 1 aliphatic heterocycles. The van der Waals surface area contributed by atoms with Crippen LogP contribution in [0.3, 0.4) is 0 Å². The number of anilines is 1. The topological polar surface area (TPSA) is 46.9 Å². The van der Waals surface area contributed by atoms with Crippen LogP contribution in [-0.4, -0.2) is 15.5 Å². The highest BCUT2D eigenvalue weighted by Crippen LogP contribution is 2.26. The monoisotopic (exact) mass is 373 g/mol. The number of carbonyl (C=O) groups excluding carboxylic acids is 1. The van der Waals surface area contributed by atoms with Crippen molar-refractivity contribution in [3.63, 3.8) is 0 Å². The summed E-state index contributed by atoms with van der Waals surface area (Å²) in [4.78, 5) is 17.2. The van der Waals surface area contributed by atoms with Crippen molar-refractivity contribution in [2.45, 2.75) is 32.2 Å². The Morgan fingerprint density at radius 2 is 1.96 bits per heavy atom. The van der Waals surface area contributed by atoms with Gasteiger partial charge in [-0.15, -0.1) is 0 Å². The second kappa shape index (κ2) is 6.70. The Morgan fingerprint density at radius 1 is 1.08 bits per heavy atom. The highest BCUT2D eigenvalue weighted by Gasteiger charge is 2.15. The summed E-state index contributed by atoms with van der Waals surface area (Å²) >= 11 is 12.1. The molecule has 0 spiro atoms. The lowest BCUT2D eigenvalue weighted by atomic mass is 10.2. The van der Waals surface area contributed by atoms with Crippen molar-refractivity contribution in [1.29, 1.82) is 0 Å². The highest BCUT2D eigenvalue weighted by atomic mass is 35.5. The quantitative estimate of drug-likeness (QED) is 0.660. The Morgan fingerprint density at radius 3 is 2.84 bits per heavy atom. The van der Waals surface area contributed by atoms with E-state index in [-0.39, 0.29) is 5.91 Å². The van der Waals surface area contributed by atoms with E-state index in [4.69, 9.17) is 28.2 Å². The summed E-state index contributed by atoms with van der Waals surface area (Å²) in [6, 6.07) is 10.7. The first-order valence-corrected chi connectivity index (χ1v) is 9.13. The maximum absolute atomic E-state index is 12.5. The van der Waals surface area contributed by atoms with Crippen LogP contribution in [0.15, 0.2) is 36.4 Å². The first kappa shape index (κ1) is 16.4. The summed E-state index contributed by atoms with van der Waals surface area (Å²) in [7, 11) is 0. The van der Waals surface area contributed by atoms with Crippen LogP contribution in [-0.2, 0) is 13.0 Å². The number of imidazole rings is 1. The zero-order valence-corrected chi connectivity index (χ0v) is 15.1. The molecule has 2 aromatic carbocycles. The first-order chi connectivity index (χ1) is 12.1. The number of fused-ring (bicyclic) bond motifs is 3. The summed E-state index contributed by atoms with van der Waals surface area (Å²) in [6.07, 6.45) is 4.62. The summed E-state index contributed by atoms with van der Waals surface area (Å²) in [5, 5.41) is 3.73. The third-order valence-corrected chi connectivity index (χ3v) is 5.10. The van der Waals surface area contributed by atoms with E-state index in [0.717, 1.165) is 29.8 Å². The van der Waals surface area contributed by atoms with Gasteiger partial charge in [0.15, 0.2) is 0 Å². The second-order valence-corrected chi connectivity index (χ2v) is 7.12. The van der Waals surface area contributed by atoms with Gasteiger partial charge in [0.1, 0.15) is 5.82 Å². The highest BCUT2D eigenvalue weighted by molar-refractivity contribution is 6.36. The Kier molecular flexibility index (Phi) is 4.40. The third kappa shape index (κ3) is 3.24. The lowest BCUT2D eigenvalue weighted by Crippen LogP contribution is -2.12. The number of rotatable bonds is 2. The van der Waals surface area contributed by atoms with Gasteiger partial charge in [0.05, 0.1) is 21.6 Å². The molecule has 6 heteroatoms. The molecule has 0 saturated carbocycles. The summed E-state index contributed by atoms with van der Waals surface area (Å²) in [6.45, 7) is 1.01. The van der Waals surface area contributed by atoms with Crippen LogP contribution in [0.25, 0.3) is 11.0 Å². The molecule has 1 aliphatic rings. The Balaban J connectivity index is 1.64. The molecule has 4 nitrogen and oxygen atoms in total. The molecule has 25 heavy (non-hydrogen) atoms. The van der Waals surface area contributed by atoms with Crippen molar-refractivity contribution in [3.05, 3.63) is 57.8 Å². The maximum Gasteiger partial charge on any atom is 0.257 e. The average Bonchev–Trinajstić information content (AvgIpc) is 2.77. The van der Waals surface area contributed by atoms with Crippen molar-refractivity contribution >= 4 is 45.8 Å². The van der Waals surface area contributed by atoms with Gasteiger partial charge in [0.25, 0.3) is 5.91 Å². The summed E-state index contributed by atoms with van der Waals surface area (Å²) in [5.41, 5.74) is 3.08. The van der Waals surface area contributed by atoms with E-state index in [1.165, 1.54) is 19.3 Å². The second-order valence-electron chi connectivity index (χ2n) is 6.27. The van der Waals surface area contributed by atoms with Crippen molar-refractivity contribution in [2.75, 3.05) is 5.32 Å². The molecular weight excluding hydrogens is 357 g/mol. The number of carbonyl (C=O) groups is 1. The molecule has 0 radical (unpaired) electrons. The van der Waals surface area contributed by atoms with Gasteiger partial charge in [0, 0.05) is 23.7 Å². The molecule has 128 valence electrons. The minimum atomic E-state index is -0.285. The molecule has 2 heterocycles. The Bertz CT molecular complexity index is 965. The van der Waals surface area contributed by atoms with E-state index in [1.54, 1.807) is 18.2 Å². The van der Waals surface area contributed by atoms with Crippen LogP contribution in [0.4, 0.5) is 5.69 Å². The van der Waals surface area contributed by atoms with Crippen LogP contribution in [0, 0.1) is 0 Å². The van der Waals surface area contributed by atoms with Gasteiger partial charge in [-0.3, -0.25) is 4.79 Å². The van der Waals surface area contributed by atoms with E-state index in [2.05, 4.69) is 9.88 Å².